The molecule has 164 valence electrons. The summed E-state index contributed by atoms with van der Waals surface area (Å²) in [6.45, 7) is 4.50. The number of ether oxygens (including phenoxy) is 5. The zero-order chi connectivity index (χ0) is 19.8. The first-order valence-corrected chi connectivity index (χ1v) is 10.1. The van der Waals surface area contributed by atoms with E-state index >= 15 is 0 Å². The van der Waals surface area contributed by atoms with Crippen molar-refractivity contribution in [2.24, 2.45) is 0 Å². The summed E-state index contributed by atoms with van der Waals surface area (Å²) in [7, 11) is 1.53. The van der Waals surface area contributed by atoms with Crippen LogP contribution in [0.25, 0.3) is 0 Å². The van der Waals surface area contributed by atoms with Crippen LogP contribution in [-0.2, 0) is 28.6 Å². The van der Waals surface area contributed by atoms with Crippen molar-refractivity contribution in [1.29, 1.82) is 0 Å². The summed E-state index contributed by atoms with van der Waals surface area (Å²) < 4.78 is 26.3. The number of aliphatic hydroxyl groups is 1. The van der Waals surface area contributed by atoms with Crippen LogP contribution >= 0.6 is 0 Å². The summed E-state index contributed by atoms with van der Waals surface area (Å²) in [6.07, 6.45) is 8.31. The molecule has 8 heteroatoms. The van der Waals surface area contributed by atoms with E-state index in [0.717, 1.165) is 32.3 Å². The third-order valence-electron chi connectivity index (χ3n) is 3.96. The lowest BCUT2D eigenvalue weighted by atomic mass is 10.1. The highest BCUT2D eigenvalue weighted by Crippen LogP contribution is 2.11. The molecule has 0 radical (unpaired) electrons. The molecule has 27 heavy (non-hydrogen) atoms. The predicted octanol–water partition coefficient (Wildman–Crippen LogP) is 2.63. The molecule has 0 aliphatic heterocycles. The highest BCUT2D eigenvalue weighted by Gasteiger charge is 2.05. The molecule has 0 fully saturated rings. The van der Waals surface area contributed by atoms with Crippen LogP contribution in [0.15, 0.2) is 0 Å². The van der Waals surface area contributed by atoms with E-state index in [9.17, 15) is 0 Å². The third kappa shape index (κ3) is 21.8. The van der Waals surface area contributed by atoms with Crippen LogP contribution in [0.4, 0.5) is 0 Å². The number of methoxy groups -OCH3 is 1. The molecular formula is C19H40O8. The van der Waals surface area contributed by atoms with Gasteiger partial charge in [0.25, 0.3) is 0 Å². The molecule has 1 atom stereocenters. The highest BCUT2D eigenvalue weighted by atomic mass is 17.1. The fraction of sp³-hybridized carbons (Fsp3) is 1.00. The first-order chi connectivity index (χ1) is 13.3. The number of rotatable bonds is 23. The van der Waals surface area contributed by atoms with Crippen molar-refractivity contribution in [3.05, 3.63) is 0 Å². The standard InChI is InChI=1S/C19H40O8/c1-22-19(27-21)9-7-5-3-2-4-6-8-11-23-13-15-25-17-18-26-16-14-24-12-10-20/h19-21H,2-18H2,1H3. The van der Waals surface area contributed by atoms with Gasteiger partial charge in [0.15, 0.2) is 6.29 Å². The maximum absolute atomic E-state index is 8.53. The van der Waals surface area contributed by atoms with Gasteiger partial charge in [-0.1, -0.05) is 32.1 Å². The fourth-order valence-corrected chi connectivity index (χ4v) is 2.44. The van der Waals surface area contributed by atoms with E-state index < -0.39 is 6.29 Å². The summed E-state index contributed by atoms with van der Waals surface area (Å²) in [4.78, 5) is 4.18. The normalized spacial score (nSPS) is 12.6. The molecule has 0 saturated carbocycles. The second-order valence-corrected chi connectivity index (χ2v) is 6.21. The lowest BCUT2D eigenvalue weighted by Gasteiger charge is -2.10. The predicted molar refractivity (Wildman–Crippen MR) is 102 cm³/mol. The summed E-state index contributed by atoms with van der Waals surface area (Å²) in [5, 5.41) is 17.1. The first kappa shape index (κ1) is 26.7. The highest BCUT2D eigenvalue weighted by molar-refractivity contribution is 4.49. The van der Waals surface area contributed by atoms with E-state index in [4.69, 9.17) is 34.0 Å². The molecule has 0 heterocycles. The summed E-state index contributed by atoms with van der Waals surface area (Å²) >= 11 is 0. The minimum Gasteiger partial charge on any atom is -0.394 e. The van der Waals surface area contributed by atoms with Crippen LogP contribution in [0.3, 0.4) is 0 Å². The molecule has 0 aromatic rings. The van der Waals surface area contributed by atoms with E-state index in [1.54, 1.807) is 0 Å². The van der Waals surface area contributed by atoms with Gasteiger partial charge in [-0.15, -0.1) is 0 Å². The van der Waals surface area contributed by atoms with Gasteiger partial charge in [0.1, 0.15) is 0 Å². The van der Waals surface area contributed by atoms with Gasteiger partial charge in [0.2, 0.25) is 0 Å². The van der Waals surface area contributed by atoms with Crippen molar-refractivity contribution in [3.8, 4) is 0 Å². The molecule has 2 N–H and O–H groups in total. The van der Waals surface area contributed by atoms with Crippen molar-refractivity contribution in [2.45, 2.75) is 57.7 Å². The SMILES string of the molecule is COC(CCCCCCCCCOCCOCCOCCOCCO)OO. The van der Waals surface area contributed by atoms with Gasteiger partial charge < -0.3 is 28.8 Å². The van der Waals surface area contributed by atoms with Gasteiger partial charge in [-0.25, -0.2) is 10.1 Å². The van der Waals surface area contributed by atoms with E-state index in [0.29, 0.717) is 46.2 Å². The van der Waals surface area contributed by atoms with E-state index in [-0.39, 0.29) is 6.61 Å². The maximum Gasteiger partial charge on any atom is 0.190 e. The van der Waals surface area contributed by atoms with Crippen molar-refractivity contribution in [1.82, 2.24) is 0 Å². The smallest absolute Gasteiger partial charge is 0.190 e. The molecule has 0 rings (SSSR count). The van der Waals surface area contributed by atoms with Crippen LogP contribution in [0.2, 0.25) is 0 Å². The Morgan fingerprint density at radius 3 is 1.52 bits per heavy atom. The lowest BCUT2D eigenvalue weighted by molar-refractivity contribution is -0.341. The second-order valence-electron chi connectivity index (χ2n) is 6.21. The molecule has 0 spiro atoms. The van der Waals surface area contributed by atoms with E-state index in [1.165, 1.54) is 32.8 Å². The Morgan fingerprint density at radius 2 is 1.04 bits per heavy atom. The summed E-state index contributed by atoms with van der Waals surface area (Å²) in [5.41, 5.74) is 0. The maximum atomic E-state index is 8.53. The Bertz CT molecular complexity index is 264. The number of unbranched alkanes of at least 4 members (excludes halogenated alkanes) is 6. The summed E-state index contributed by atoms with van der Waals surface area (Å²) in [5.74, 6) is 0. The van der Waals surface area contributed by atoms with Crippen LogP contribution in [0.5, 0.6) is 0 Å². The second kappa shape index (κ2) is 23.7. The molecule has 8 nitrogen and oxygen atoms in total. The van der Waals surface area contributed by atoms with Crippen LogP contribution in [0.1, 0.15) is 51.4 Å². The zero-order valence-electron chi connectivity index (χ0n) is 16.9. The van der Waals surface area contributed by atoms with E-state index in [2.05, 4.69) is 4.89 Å². The van der Waals surface area contributed by atoms with E-state index in [1.807, 2.05) is 0 Å². The molecule has 0 aliphatic carbocycles. The quantitative estimate of drug-likeness (QED) is 0.118. The Hall–Kier alpha value is -0.320. The van der Waals surface area contributed by atoms with Crippen molar-refractivity contribution < 1.29 is 38.9 Å². The van der Waals surface area contributed by atoms with Gasteiger partial charge in [-0.3, -0.25) is 0 Å². The number of aliphatic hydroxyl groups excluding tert-OH is 1. The average Bonchev–Trinajstić information content (AvgIpc) is 2.69. The zero-order valence-corrected chi connectivity index (χ0v) is 16.9. The third-order valence-corrected chi connectivity index (χ3v) is 3.96. The van der Waals surface area contributed by atoms with Gasteiger partial charge in [0, 0.05) is 20.1 Å². The Balaban J connectivity index is 3.03. The van der Waals surface area contributed by atoms with Crippen LogP contribution in [0, 0.1) is 0 Å². The molecule has 0 bridgehead atoms. The number of hydrogen-bond donors (Lipinski definition) is 2. The minimum absolute atomic E-state index is 0.0427. The Labute approximate surface area is 164 Å². The minimum atomic E-state index is -0.490. The van der Waals surface area contributed by atoms with Gasteiger partial charge in [0.05, 0.1) is 52.9 Å². The number of hydrogen-bond acceptors (Lipinski definition) is 8. The van der Waals surface area contributed by atoms with Gasteiger partial charge in [-0.05, 0) is 12.8 Å². The van der Waals surface area contributed by atoms with Gasteiger partial charge >= 0.3 is 0 Å². The van der Waals surface area contributed by atoms with Crippen molar-refractivity contribution in [3.63, 3.8) is 0 Å². The van der Waals surface area contributed by atoms with Crippen molar-refractivity contribution in [2.75, 3.05) is 66.6 Å². The molecule has 0 aliphatic rings. The molecule has 0 amide bonds. The molecule has 0 aromatic carbocycles. The molecule has 1 unspecified atom stereocenters. The Morgan fingerprint density at radius 1 is 0.593 bits per heavy atom. The Kier molecular flexibility index (Phi) is 23.4. The first-order valence-electron chi connectivity index (χ1n) is 10.1. The summed E-state index contributed by atoms with van der Waals surface area (Å²) in [6, 6.07) is 0. The lowest BCUT2D eigenvalue weighted by Crippen LogP contribution is -2.12. The molecule has 0 aromatic heterocycles. The van der Waals surface area contributed by atoms with Gasteiger partial charge in [-0.2, -0.15) is 0 Å². The van der Waals surface area contributed by atoms with Crippen molar-refractivity contribution >= 4 is 0 Å². The average molecular weight is 397 g/mol. The topological polar surface area (TPSA) is 95.8 Å². The van der Waals surface area contributed by atoms with Crippen LogP contribution < -0.4 is 0 Å². The fourth-order valence-electron chi connectivity index (χ4n) is 2.44. The largest absolute Gasteiger partial charge is 0.394 e. The van der Waals surface area contributed by atoms with Crippen LogP contribution in [-0.4, -0.2) is 83.2 Å². The molecule has 0 saturated heterocycles. The molecular weight excluding hydrogens is 356 g/mol. The monoisotopic (exact) mass is 396 g/mol.